The molecule has 1 amide bonds. The van der Waals surface area contributed by atoms with Crippen molar-refractivity contribution in [2.24, 2.45) is 0 Å². The zero-order chi connectivity index (χ0) is 19.7. The van der Waals surface area contributed by atoms with E-state index in [0.717, 1.165) is 33.8 Å². The molecule has 28 heavy (non-hydrogen) atoms. The predicted octanol–water partition coefficient (Wildman–Crippen LogP) is 4.53. The van der Waals surface area contributed by atoms with Crippen LogP contribution in [-0.4, -0.2) is 20.4 Å². The number of aromatic nitrogens is 3. The number of aryl methyl sites for hydroxylation is 2. The second kappa shape index (κ2) is 7.27. The Balaban J connectivity index is 1.69. The van der Waals surface area contributed by atoms with Crippen molar-refractivity contribution in [3.05, 3.63) is 89.4 Å². The van der Waals surface area contributed by atoms with E-state index in [1.54, 1.807) is 6.20 Å². The molecule has 0 aliphatic rings. The normalized spacial score (nSPS) is 12.1. The topological polar surface area (TPSA) is 59.8 Å². The Bertz CT molecular complexity index is 1150. The van der Waals surface area contributed by atoms with E-state index >= 15 is 0 Å². The molecule has 2 aromatic heterocycles. The summed E-state index contributed by atoms with van der Waals surface area (Å²) in [5.41, 5.74) is 5.29. The van der Waals surface area contributed by atoms with E-state index in [1.807, 2.05) is 86.0 Å². The first-order valence-electron chi connectivity index (χ1n) is 9.31. The number of amides is 1. The molecule has 0 bridgehead atoms. The lowest BCUT2D eigenvalue weighted by Gasteiger charge is -2.16. The van der Waals surface area contributed by atoms with Crippen LogP contribution >= 0.6 is 0 Å². The van der Waals surface area contributed by atoms with Gasteiger partial charge in [-0.3, -0.25) is 9.36 Å². The van der Waals surface area contributed by atoms with Crippen molar-refractivity contribution in [3.63, 3.8) is 0 Å². The monoisotopic (exact) mass is 370 g/mol. The Kier molecular flexibility index (Phi) is 4.65. The van der Waals surface area contributed by atoms with Gasteiger partial charge in [-0.15, -0.1) is 0 Å². The highest BCUT2D eigenvalue weighted by molar-refractivity contribution is 5.95. The second-order valence-electron chi connectivity index (χ2n) is 6.95. The average molecular weight is 370 g/mol. The molecule has 0 unspecified atom stereocenters. The van der Waals surface area contributed by atoms with Crippen molar-refractivity contribution in [3.8, 4) is 5.69 Å². The van der Waals surface area contributed by atoms with Crippen LogP contribution in [0.1, 0.15) is 40.3 Å². The molecule has 4 aromatic rings. The van der Waals surface area contributed by atoms with Crippen molar-refractivity contribution in [1.82, 2.24) is 19.9 Å². The highest BCUT2D eigenvalue weighted by Gasteiger charge is 2.16. The fourth-order valence-electron chi connectivity index (χ4n) is 3.41. The van der Waals surface area contributed by atoms with Crippen molar-refractivity contribution < 1.29 is 4.79 Å². The Hall–Kier alpha value is -3.47. The van der Waals surface area contributed by atoms with E-state index < -0.39 is 0 Å². The van der Waals surface area contributed by atoms with Crippen molar-refractivity contribution >= 4 is 17.1 Å². The number of pyridine rings is 1. The third-order valence-electron chi connectivity index (χ3n) is 4.94. The maximum absolute atomic E-state index is 12.9. The van der Waals surface area contributed by atoms with Crippen molar-refractivity contribution in [1.29, 1.82) is 0 Å². The summed E-state index contributed by atoms with van der Waals surface area (Å²) in [6.45, 7) is 5.96. The minimum Gasteiger partial charge on any atom is -0.346 e. The van der Waals surface area contributed by atoms with Gasteiger partial charge in [0.25, 0.3) is 5.91 Å². The Morgan fingerprint density at radius 2 is 1.82 bits per heavy atom. The Morgan fingerprint density at radius 3 is 2.61 bits per heavy atom. The second-order valence-corrected chi connectivity index (χ2v) is 6.95. The molecule has 4 rings (SSSR count). The number of nitrogens with zero attached hydrogens (tertiary/aromatic N) is 3. The smallest absolute Gasteiger partial charge is 0.251 e. The molecular weight excluding hydrogens is 348 g/mol. The van der Waals surface area contributed by atoms with Crippen LogP contribution in [0.25, 0.3) is 16.9 Å². The molecule has 0 aliphatic carbocycles. The van der Waals surface area contributed by atoms with Crippen LogP contribution in [0.4, 0.5) is 0 Å². The highest BCUT2D eigenvalue weighted by Crippen LogP contribution is 2.23. The highest BCUT2D eigenvalue weighted by atomic mass is 16.1. The number of benzene rings is 2. The number of fused-ring (bicyclic) bond motifs is 1. The zero-order valence-electron chi connectivity index (χ0n) is 16.2. The largest absolute Gasteiger partial charge is 0.346 e. The van der Waals surface area contributed by atoms with E-state index in [-0.39, 0.29) is 11.9 Å². The van der Waals surface area contributed by atoms with Gasteiger partial charge in [0.15, 0.2) is 5.65 Å². The molecule has 0 radical (unpaired) electrons. The number of hydrogen-bond donors (Lipinski definition) is 1. The number of hydrogen-bond acceptors (Lipinski definition) is 3. The lowest BCUT2D eigenvalue weighted by Crippen LogP contribution is -2.26. The number of imidazole rings is 1. The van der Waals surface area contributed by atoms with Crippen LogP contribution in [0.2, 0.25) is 0 Å². The summed E-state index contributed by atoms with van der Waals surface area (Å²) in [5.74, 6) is 0.736. The van der Waals surface area contributed by atoms with Gasteiger partial charge in [-0.05, 0) is 56.2 Å². The standard InChI is InChI=1S/C23H22N4O/c1-15-11-12-19(23(28)25-16(2)18-8-5-4-6-9-18)14-21(15)27-17(3)26-20-10-7-13-24-22(20)27/h4-14,16H,1-3H3,(H,25,28)/t16-/m1/s1. The van der Waals surface area contributed by atoms with Gasteiger partial charge >= 0.3 is 0 Å². The van der Waals surface area contributed by atoms with Gasteiger partial charge in [0.05, 0.1) is 11.7 Å². The number of nitrogens with one attached hydrogen (secondary N) is 1. The van der Waals surface area contributed by atoms with Crippen LogP contribution < -0.4 is 5.32 Å². The molecule has 5 heteroatoms. The molecule has 140 valence electrons. The first kappa shape index (κ1) is 17.9. The van der Waals surface area contributed by atoms with Crippen LogP contribution in [0.3, 0.4) is 0 Å². The van der Waals surface area contributed by atoms with Gasteiger partial charge in [0.2, 0.25) is 0 Å². The molecule has 2 heterocycles. The molecule has 1 N–H and O–H groups in total. The maximum atomic E-state index is 12.9. The van der Waals surface area contributed by atoms with Crippen LogP contribution in [0, 0.1) is 13.8 Å². The lowest BCUT2D eigenvalue weighted by molar-refractivity contribution is 0.0940. The molecule has 0 fully saturated rings. The minimum atomic E-state index is -0.104. The third-order valence-corrected chi connectivity index (χ3v) is 4.94. The van der Waals surface area contributed by atoms with E-state index in [4.69, 9.17) is 0 Å². The van der Waals surface area contributed by atoms with E-state index in [9.17, 15) is 4.79 Å². The van der Waals surface area contributed by atoms with Crippen molar-refractivity contribution in [2.45, 2.75) is 26.8 Å². The minimum absolute atomic E-state index is 0.0732. The summed E-state index contributed by atoms with van der Waals surface area (Å²) in [7, 11) is 0. The average Bonchev–Trinajstić information content (AvgIpc) is 3.04. The number of carbonyl (C=O) groups excluding carboxylic acids is 1. The maximum Gasteiger partial charge on any atom is 0.251 e. The fourth-order valence-corrected chi connectivity index (χ4v) is 3.41. The van der Waals surface area contributed by atoms with Gasteiger partial charge in [-0.25, -0.2) is 9.97 Å². The van der Waals surface area contributed by atoms with Crippen molar-refractivity contribution in [2.75, 3.05) is 0 Å². The summed E-state index contributed by atoms with van der Waals surface area (Å²) in [4.78, 5) is 21.9. The first-order chi connectivity index (χ1) is 13.5. The summed E-state index contributed by atoms with van der Waals surface area (Å²) >= 11 is 0. The summed E-state index contributed by atoms with van der Waals surface area (Å²) in [6.07, 6.45) is 1.76. The molecule has 5 nitrogen and oxygen atoms in total. The molecular formula is C23H22N4O. The first-order valence-corrected chi connectivity index (χ1v) is 9.31. The van der Waals surface area contributed by atoms with E-state index in [2.05, 4.69) is 15.3 Å². The van der Waals surface area contributed by atoms with Crippen LogP contribution in [0.15, 0.2) is 66.9 Å². The van der Waals surface area contributed by atoms with Crippen LogP contribution in [0.5, 0.6) is 0 Å². The lowest BCUT2D eigenvalue weighted by atomic mass is 10.1. The van der Waals surface area contributed by atoms with Gasteiger partial charge < -0.3 is 5.32 Å². The zero-order valence-corrected chi connectivity index (χ0v) is 16.2. The summed E-state index contributed by atoms with van der Waals surface area (Å²) < 4.78 is 2.00. The van der Waals surface area contributed by atoms with E-state index in [1.165, 1.54) is 0 Å². The summed E-state index contributed by atoms with van der Waals surface area (Å²) in [6, 6.07) is 19.4. The molecule has 0 aliphatic heterocycles. The third kappa shape index (κ3) is 3.27. The predicted molar refractivity (Wildman–Crippen MR) is 111 cm³/mol. The molecule has 2 aromatic carbocycles. The van der Waals surface area contributed by atoms with Gasteiger partial charge in [0, 0.05) is 11.8 Å². The summed E-state index contributed by atoms with van der Waals surface area (Å²) in [5, 5.41) is 3.08. The Labute approximate surface area is 164 Å². The molecule has 0 spiro atoms. The molecule has 0 saturated carbocycles. The molecule has 1 atom stereocenters. The Morgan fingerprint density at radius 1 is 1.04 bits per heavy atom. The van der Waals surface area contributed by atoms with Gasteiger partial charge in [0.1, 0.15) is 11.3 Å². The van der Waals surface area contributed by atoms with Gasteiger partial charge in [-0.1, -0.05) is 36.4 Å². The fraction of sp³-hybridized carbons (Fsp3) is 0.174. The molecule has 0 saturated heterocycles. The SMILES string of the molecule is Cc1ccc(C(=O)N[C@H](C)c2ccccc2)cc1-n1c(C)nc2cccnc21. The van der Waals surface area contributed by atoms with E-state index in [0.29, 0.717) is 5.56 Å². The number of rotatable bonds is 4. The number of carbonyl (C=O) groups is 1. The van der Waals surface area contributed by atoms with Crippen LogP contribution in [-0.2, 0) is 0 Å². The van der Waals surface area contributed by atoms with Gasteiger partial charge in [-0.2, -0.15) is 0 Å². The quantitative estimate of drug-likeness (QED) is 0.574.